The van der Waals surface area contributed by atoms with Gasteiger partial charge >= 0.3 is 0 Å². The minimum atomic E-state index is -0.535. The third-order valence-electron chi connectivity index (χ3n) is 6.09. The van der Waals surface area contributed by atoms with Gasteiger partial charge in [0.2, 0.25) is 5.91 Å². The van der Waals surface area contributed by atoms with Crippen molar-refractivity contribution in [3.8, 4) is 5.75 Å². The lowest BCUT2D eigenvalue weighted by Crippen LogP contribution is -2.42. The second-order valence-corrected chi connectivity index (χ2v) is 9.65. The first-order chi connectivity index (χ1) is 17.6. The normalized spacial score (nSPS) is 17.0. The van der Waals surface area contributed by atoms with Crippen molar-refractivity contribution in [3.05, 3.63) is 90.0 Å². The van der Waals surface area contributed by atoms with E-state index in [-0.39, 0.29) is 11.8 Å². The molecule has 3 aromatic rings. The molecule has 2 aliphatic heterocycles. The van der Waals surface area contributed by atoms with E-state index < -0.39 is 11.3 Å². The number of nitrogens with zero attached hydrogens (tertiary/aromatic N) is 3. The highest BCUT2D eigenvalue weighted by Gasteiger charge is 2.42. The van der Waals surface area contributed by atoms with Crippen LogP contribution in [0.2, 0.25) is 0 Å². The van der Waals surface area contributed by atoms with Gasteiger partial charge in [-0.15, -0.1) is 0 Å². The summed E-state index contributed by atoms with van der Waals surface area (Å²) in [6.07, 6.45) is 1.07. The molecule has 0 aromatic heterocycles. The largest absolute Gasteiger partial charge is 0.497 e. The Bertz CT molecular complexity index is 1340. The van der Waals surface area contributed by atoms with E-state index in [0.29, 0.717) is 35.3 Å². The summed E-state index contributed by atoms with van der Waals surface area (Å²) in [4.78, 5) is 37.9. The predicted molar refractivity (Wildman–Crippen MR) is 144 cm³/mol. The average Bonchev–Trinajstić information content (AvgIpc) is 3.24. The van der Waals surface area contributed by atoms with Crippen molar-refractivity contribution in [2.45, 2.75) is 31.1 Å². The summed E-state index contributed by atoms with van der Waals surface area (Å²) in [6, 6.07) is 24.2. The fraction of sp³-hybridized carbons (Fsp3) is 0.214. The Morgan fingerprint density at radius 1 is 1.06 bits per heavy atom. The molecule has 0 saturated carbocycles. The van der Waals surface area contributed by atoms with Gasteiger partial charge in [0.25, 0.3) is 5.91 Å². The maximum atomic E-state index is 13.6. The lowest BCUT2D eigenvalue weighted by atomic mass is 10.1. The molecule has 0 aliphatic carbocycles. The zero-order valence-corrected chi connectivity index (χ0v) is 20.9. The fourth-order valence-corrected chi connectivity index (χ4v) is 5.22. The van der Waals surface area contributed by atoms with Crippen molar-refractivity contribution in [2.75, 3.05) is 12.4 Å². The first-order valence-electron chi connectivity index (χ1n) is 11.8. The molecule has 2 atom stereocenters. The van der Waals surface area contributed by atoms with Gasteiger partial charge in [-0.2, -0.15) is 0 Å². The summed E-state index contributed by atoms with van der Waals surface area (Å²) in [5.41, 5.74) is 3.29. The molecule has 1 N–H and O–H groups in total. The molecule has 0 spiro atoms. The standard InChI is InChI=1S/C28H26N4O3S/c1-3-24(26(33)29-19-13-15-20(35-2)16-14-19)36-28-31-22-12-8-7-11-21(22)25-30-23(27(34)32(25)28)17-18-9-5-4-6-10-18/h4-16,23-24H,3,17H2,1-2H3,(H,29,33)/t23-,24-/m1/s1. The number of rotatable bonds is 7. The van der Waals surface area contributed by atoms with E-state index in [1.165, 1.54) is 11.8 Å². The van der Waals surface area contributed by atoms with Crippen LogP contribution in [0.4, 0.5) is 11.4 Å². The molecule has 0 bridgehead atoms. The fourth-order valence-electron chi connectivity index (χ4n) is 4.20. The summed E-state index contributed by atoms with van der Waals surface area (Å²) in [7, 11) is 1.60. The SMILES string of the molecule is CC[C@@H](SC1=Nc2ccccc2C2=N[C@H](Cc3ccccc3)C(=O)N12)C(=O)Nc1ccc(OC)cc1. The summed E-state index contributed by atoms with van der Waals surface area (Å²) in [5, 5.41) is 2.99. The van der Waals surface area contributed by atoms with E-state index in [4.69, 9.17) is 14.7 Å². The lowest BCUT2D eigenvalue weighted by Gasteiger charge is -2.27. The monoisotopic (exact) mass is 498 g/mol. The van der Waals surface area contributed by atoms with E-state index in [1.807, 2.05) is 61.5 Å². The van der Waals surface area contributed by atoms with Gasteiger partial charge in [0, 0.05) is 17.7 Å². The van der Waals surface area contributed by atoms with E-state index >= 15 is 0 Å². The highest BCUT2D eigenvalue weighted by molar-refractivity contribution is 8.15. The number of carbonyl (C=O) groups excluding carboxylic acids is 2. The Hall–Kier alpha value is -3.91. The van der Waals surface area contributed by atoms with Gasteiger partial charge in [-0.25, -0.2) is 9.89 Å². The third kappa shape index (κ3) is 4.77. The highest BCUT2D eigenvalue weighted by Crippen LogP contribution is 2.36. The molecule has 0 unspecified atom stereocenters. The van der Waals surface area contributed by atoms with Crippen LogP contribution >= 0.6 is 11.8 Å². The summed E-state index contributed by atoms with van der Waals surface area (Å²) in [5.74, 6) is 1.04. The maximum absolute atomic E-state index is 13.6. The van der Waals surface area contributed by atoms with E-state index in [2.05, 4.69) is 5.32 Å². The van der Waals surface area contributed by atoms with Gasteiger partial charge in [0.05, 0.1) is 18.0 Å². The Labute approximate surface area is 214 Å². The van der Waals surface area contributed by atoms with Crippen molar-refractivity contribution in [1.29, 1.82) is 0 Å². The first-order valence-corrected chi connectivity index (χ1v) is 12.7. The second kappa shape index (κ2) is 10.4. The number of carbonyl (C=O) groups is 2. The summed E-state index contributed by atoms with van der Waals surface area (Å²) in [6.45, 7) is 1.95. The van der Waals surface area contributed by atoms with Crippen LogP contribution in [0, 0.1) is 0 Å². The molecule has 7 nitrogen and oxygen atoms in total. The van der Waals surface area contributed by atoms with Gasteiger partial charge in [0.15, 0.2) is 5.17 Å². The van der Waals surface area contributed by atoms with Gasteiger partial charge in [-0.1, -0.05) is 61.2 Å². The topological polar surface area (TPSA) is 83.4 Å². The number of para-hydroxylation sites is 1. The number of anilines is 1. The minimum absolute atomic E-state index is 0.125. The van der Waals surface area contributed by atoms with Crippen LogP contribution in [0.5, 0.6) is 5.75 Å². The number of ether oxygens (including phenoxy) is 1. The molecule has 0 saturated heterocycles. The molecule has 3 aromatic carbocycles. The first kappa shape index (κ1) is 23.8. The molecular formula is C28H26N4O3S. The number of aliphatic imine (C=N–C) groups is 2. The summed E-state index contributed by atoms with van der Waals surface area (Å²) < 4.78 is 5.19. The molecule has 2 amide bonds. The number of benzene rings is 3. The molecule has 8 heteroatoms. The van der Waals surface area contributed by atoms with Crippen molar-refractivity contribution in [3.63, 3.8) is 0 Å². The predicted octanol–water partition coefficient (Wildman–Crippen LogP) is 5.05. The third-order valence-corrected chi connectivity index (χ3v) is 7.40. The van der Waals surface area contributed by atoms with Crippen LogP contribution in [-0.4, -0.2) is 46.1 Å². The molecule has 0 fully saturated rings. The zero-order valence-electron chi connectivity index (χ0n) is 20.0. The Kier molecular flexibility index (Phi) is 6.86. The number of hydrogen-bond donors (Lipinski definition) is 1. The quantitative estimate of drug-likeness (QED) is 0.494. The Morgan fingerprint density at radius 3 is 2.50 bits per heavy atom. The van der Waals surface area contributed by atoms with Crippen molar-refractivity contribution < 1.29 is 14.3 Å². The number of hydrogen-bond acceptors (Lipinski definition) is 6. The molecule has 2 heterocycles. The molecule has 2 aliphatic rings. The Morgan fingerprint density at radius 2 is 1.78 bits per heavy atom. The van der Waals surface area contributed by atoms with E-state index in [9.17, 15) is 9.59 Å². The average molecular weight is 499 g/mol. The van der Waals surface area contributed by atoms with Gasteiger partial charge < -0.3 is 10.1 Å². The molecule has 0 radical (unpaired) electrons. The molecular weight excluding hydrogens is 472 g/mol. The second-order valence-electron chi connectivity index (χ2n) is 8.48. The number of methoxy groups -OCH3 is 1. The molecule has 182 valence electrons. The van der Waals surface area contributed by atoms with Crippen molar-refractivity contribution in [2.24, 2.45) is 9.98 Å². The smallest absolute Gasteiger partial charge is 0.259 e. The molecule has 5 rings (SSSR count). The van der Waals surface area contributed by atoms with Gasteiger partial charge in [0.1, 0.15) is 17.6 Å². The number of thioether (sulfide) groups is 1. The van der Waals surface area contributed by atoms with Crippen molar-refractivity contribution in [1.82, 2.24) is 4.90 Å². The van der Waals surface area contributed by atoms with Crippen LogP contribution in [0.3, 0.4) is 0 Å². The number of fused-ring (bicyclic) bond motifs is 3. The number of amidine groups is 2. The van der Waals surface area contributed by atoms with E-state index in [1.54, 1.807) is 36.3 Å². The lowest BCUT2D eigenvalue weighted by molar-refractivity contribution is -0.124. The highest BCUT2D eigenvalue weighted by atomic mass is 32.2. The van der Waals surface area contributed by atoms with Crippen LogP contribution < -0.4 is 10.1 Å². The number of amides is 2. The molecule has 36 heavy (non-hydrogen) atoms. The van der Waals surface area contributed by atoms with Gasteiger partial charge in [-0.05, 0) is 48.4 Å². The number of nitrogens with one attached hydrogen (secondary N) is 1. The van der Waals surface area contributed by atoms with Gasteiger partial charge in [-0.3, -0.25) is 14.6 Å². The summed E-state index contributed by atoms with van der Waals surface area (Å²) >= 11 is 1.29. The minimum Gasteiger partial charge on any atom is -0.497 e. The Balaban J connectivity index is 1.40. The van der Waals surface area contributed by atoms with Crippen molar-refractivity contribution >= 4 is 46.0 Å². The van der Waals surface area contributed by atoms with Crippen LogP contribution in [0.25, 0.3) is 0 Å². The zero-order chi connectivity index (χ0) is 25.1. The van der Waals surface area contributed by atoms with Crippen LogP contribution in [0.1, 0.15) is 24.5 Å². The van der Waals surface area contributed by atoms with E-state index in [0.717, 1.165) is 16.8 Å². The van der Waals surface area contributed by atoms with Crippen LogP contribution in [-0.2, 0) is 16.0 Å². The van der Waals surface area contributed by atoms with Crippen LogP contribution in [0.15, 0.2) is 88.8 Å². The maximum Gasteiger partial charge on any atom is 0.259 e.